The van der Waals surface area contributed by atoms with Crippen molar-refractivity contribution in [3.8, 4) is 11.1 Å². The fourth-order valence-corrected chi connectivity index (χ4v) is 5.63. The molecule has 1 aromatic carbocycles. The van der Waals surface area contributed by atoms with Crippen LogP contribution in [0, 0.1) is 5.41 Å². The van der Waals surface area contributed by atoms with Crippen LogP contribution in [-0.4, -0.2) is 69.7 Å². The van der Waals surface area contributed by atoms with E-state index in [0.29, 0.717) is 11.1 Å². The Morgan fingerprint density at radius 1 is 1.00 bits per heavy atom. The lowest BCUT2D eigenvalue weighted by molar-refractivity contribution is 0.0892. The largest absolute Gasteiger partial charge is 0.348 e. The monoisotopic (exact) mass is 488 g/mol. The molecule has 0 aliphatic carbocycles. The van der Waals surface area contributed by atoms with Crippen molar-refractivity contribution in [2.45, 2.75) is 65.5 Å². The maximum Gasteiger partial charge on any atom is 0.272 e. The second-order valence-corrected chi connectivity index (χ2v) is 11.8. The van der Waals surface area contributed by atoms with E-state index in [1.54, 1.807) is 0 Å². The second-order valence-electron chi connectivity index (χ2n) is 11.8. The van der Waals surface area contributed by atoms with Gasteiger partial charge in [-0.25, -0.2) is 0 Å². The fraction of sp³-hybridized carbons (Fsp3) is 0.552. The van der Waals surface area contributed by atoms with Crippen LogP contribution in [0.25, 0.3) is 22.0 Å². The van der Waals surface area contributed by atoms with E-state index in [1.807, 2.05) is 18.5 Å². The summed E-state index contributed by atoms with van der Waals surface area (Å²) in [4.78, 5) is 22.7. The van der Waals surface area contributed by atoms with Gasteiger partial charge in [0.1, 0.15) is 0 Å². The number of aromatic amines is 1. The zero-order valence-electron chi connectivity index (χ0n) is 22.0. The van der Waals surface area contributed by atoms with Gasteiger partial charge in [-0.2, -0.15) is 5.10 Å². The van der Waals surface area contributed by atoms with Crippen LogP contribution >= 0.6 is 0 Å². The fourth-order valence-electron chi connectivity index (χ4n) is 5.63. The van der Waals surface area contributed by atoms with Gasteiger partial charge in [-0.1, -0.05) is 33.3 Å². The van der Waals surface area contributed by atoms with Crippen LogP contribution in [0.15, 0.2) is 36.7 Å². The number of hydrogen-bond donors (Lipinski definition) is 2. The number of pyridine rings is 1. The normalized spacial score (nSPS) is 18.5. The molecule has 2 N–H and O–H groups in total. The Morgan fingerprint density at radius 3 is 2.53 bits per heavy atom. The summed E-state index contributed by atoms with van der Waals surface area (Å²) in [6, 6.07) is 8.58. The van der Waals surface area contributed by atoms with E-state index in [-0.39, 0.29) is 11.9 Å². The first-order valence-corrected chi connectivity index (χ1v) is 13.5. The highest BCUT2D eigenvalue weighted by atomic mass is 16.2. The van der Waals surface area contributed by atoms with Crippen molar-refractivity contribution in [1.29, 1.82) is 0 Å². The summed E-state index contributed by atoms with van der Waals surface area (Å²) in [5.74, 6) is -0.0929. The standard InChI is InChI=1S/C29H40N6O/c1-29(2,3)20-35-13-9-24(10-14-35)31-28(36)27-25-16-22(7-8-26(25)32-33-27)23-15-21(17-30-18-23)19-34-11-5-4-6-12-34/h7-8,15-18,24H,4-6,9-14,19-20H2,1-3H3,(H,31,36)(H,32,33). The summed E-state index contributed by atoms with van der Waals surface area (Å²) in [6.45, 7) is 13.2. The molecule has 2 aliphatic heterocycles. The first kappa shape index (κ1) is 24.9. The van der Waals surface area contributed by atoms with Crippen LogP contribution < -0.4 is 5.32 Å². The molecule has 0 bridgehead atoms. The van der Waals surface area contributed by atoms with E-state index >= 15 is 0 Å². The first-order chi connectivity index (χ1) is 17.3. The molecule has 2 aromatic heterocycles. The number of hydrogen-bond acceptors (Lipinski definition) is 5. The Kier molecular flexibility index (Phi) is 7.39. The van der Waals surface area contributed by atoms with Gasteiger partial charge in [-0.05, 0) is 73.5 Å². The van der Waals surface area contributed by atoms with E-state index in [9.17, 15) is 4.79 Å². The second kappa shape index (κ2) is 10.7. The van der Waals surface area contributed by atoms with E-state index in [2.05, 4.69) is 69.3 Å². The van der Waals surface area contributed by atoms with Gasteiger partial charge >= 0.3 is 0 Å². The summed E-state index contributed by atoms with van der Waals surface area (Å²) in [5, 5.41) is 11.5. The lowest BCUT2D eigenvalue weighted by atomic mass is 9.94. The van der Waals surface area contributed by atoms with Crippen molar-refractivity contribution in [3.05, 3.63) is 47.9 Å². The number of piperidine rings is 2. The molecule has 0 atom stereocenters. The molecule has 0 saturated carbocycles. The van der Waals surface area contributed by atoms with Gasteiger partial charge in [-0.15, -0.1) is 0 Å². The van der Waals surface area contributed by atoms with Gasteiger partial charge in [0.25, 0.3) is 5.91 Å². The van der Waals surface area contributed by atoms with Crippen LogP contribution in [0.1, 0.15) is 68.9 Å². The minimum Gasteiger partial charge on any atom is -0.348 e. The molecule has 36 heavy (non-hydrogen) atoms. The molecule has 7 nitrogen and oxygen atoms in total. The lowest BCUT2D eigenvalue weighted by Crippen LogP contribution is -2.46. The number of nitrogens with zero attached hydrogens (tertiary/aromatic N) is 4. The minimum atomic E-state index is -0.0929. The van der Waals surface area contributed by atoms with Gasteiger partial charge in [0.05, 0.1) is 5.52 Å². The highest BCUT2D eigenvalue weighted by Gasteiger charge is 2.25. The van der Waals surface area contributed by atoms with Crippen molar-refractivity contribution in [2.24, 2.45) is 5.41 Å². The average molecular weight is 489 g/mol. The van der Waals surface area contributed by atoms with Crippen molar-refractivity contribution in [3.63, 3.8) is 0 Å². The Morgan fingerprint density at radius 2 is 1.78 bits per heavy atom. The molecule has 4 heterocycles. The summed E-state index contributed by atoms with van der Waals surface area (Å²) < 4.78 is 0. The van der Waals surface area contributed by atoms with Crippen LogP contribution in [-0.2, 0) is 6.54 Å². The van der Waals surface area contributed by atoms with Crippen LogP contribution in [0.5, 0.6) is 0 Å². The first-order valence-electron chi connectivity index (χ1n) is 13.5. The molecule has 0 radical (unpaired) electrons. The molecule has 192 valence electrons. The number of rotatable bonds is 6. The summed E-state index contributed by atoms with van der Waals surface area (Å²) in [6.07, 6.45) is 9.74. The van der Waals surface area contributed by atoms with Crippen LogP contribution in [0.3, 0.4) is 0 Å². The summed E-state index contributed by atoms with van der Waals surface area (Å²) in [7, 11) is 0. The minimum absolute atomic E-state index is 0.0929. The summed E-state index contributed by atoms with van der Waals surface area (Å²) >= 11 is 0. The molecule has 3 aromatic rings. The lowest BCUT2D eigenvalue weighted by Gasteiger charge is -2.36. The number of amides is 1. The van der Waals surface area contributed by atoms with Crippen LogP contribution in [0.4, 0.5) is 0 Å². The molecule has 2 aliphatic rings. The summed E-state index contributed by atoms with van der Waals surface area (Å²) in [5.41, 5.74) is 5.01. The number of aromatic nitrogens is 3. The number of carbonyl (C=O) groups is 1. The molecule has 5 rings (SSSR count). The predicted molar refractivity (Wildman–Crippen MR) is 145 cm³/mol. The number of benzene rings is 1. The maximum absolute atomic E-state index is 13.2. The molecule has 2 fully saturated rings. The number of nitrogens with one attached hydrogen (secondary N) is 2. The molecule has 7 heteroatoms. The third-order valence-corrected chi connectivity index (χ3v) is 7.38. The average Bonchev–Trinajstić information content (AvgIpc) is 3.29. The zero-order chi connectivity index (χ0) is 25.1. The van der Waals surface area contributed by atoms with Gasteiger partial charge < -0.3 is 10.2 Å². The number of H-pyrrole nitrogens is 1. The molecule has 0 unspecified atom stereocenters. The van der Waals surface area contributed by atoms with Crippen molar-refractivity contribution in [2.75, 3.05) is 32.7 Å². The van der Waals surface area contributed by atoms with E-state index in [0.717, 1.165) is 61.1 Å². The van der Waals surface area contributed by atoms with Gasteiger partial charge in [-0.3, -0.25) is 19.8 Å². The maximum atomic E-state index is 13.2. The van der Waals surface area contributed by atoms with Gasteiger partial charge in [0.2, 0.25) is 0 Å². The molecule has 2 saturated heterocycles. The number of likely N-dealkylation sites (tertiary alicyclic amines) is 2. The zero-order valence-corrected chi connectivity index (χ0v) is 22.0. The third-order valence-electron chi connectivity index (χ3n) is 7.38. The van der Waals surface area contributed by atoms with E-state index in [4.69, 9.17) is 0 Å². The van der Waals surface area contributed by atoms with Crippen molar-refractivity contribution in [1.82, 2.24) is 30.3 Å². The highest BCUT2D eigenvalue weighted by Crippen LogP contribution is 2.27. The predicted octanol–water partition coefficient (Wildman–Crippen LogP) is 4.85. The molecular formula is C29H40N6O. The third kappa shape index (κ3) is 6.13. The molecule has 1 amide bonds. The van der Waals surface area contributed by atoms with Crippen molar-refractivity contribution < 1.29 is 4.79 Å². The quantitative estimate of drug-likeness (QED) is 0.519. The number of carbonyl (C=O) groups excluding carboxylic acids is 1. The van der Waals surface area contributed by atoms with E-state index in [1.165, 1.54) is 37.9 Å². The Bertz CT molecular complexity index is 1180. The van der Waals surface area contributed by atoms with Crippen molar-refractivity contribution >= 4 is 16.8 Å². The van der Waals surface area contributed by atoms with E-state index < -0.39 is 0 Å². The molecule has 0 spiro atoms. The Hall–Kier alpha value is -2.77. The molecular weight excluding hydrogens is 448 g/mol. The smallest absolute Gasteiger partial charge is 0.272 e. The Balaban J connectivity index is 1.27. The van der Waals surface area contributed by atoms with Gasteiger partial charge in [0, 0.05) is 55.6 Å². The van der Waals surface area contributed by atoms with Gasteiger partial charge in [0.15, 0.2) is 5.69 Å². The topological polar surface area (TPSA) is 77.1 Å². The highest BCUT2D eigenvalue weighted by molar-refractivity contribution is 6.05. The Labute approximate surface area is 214 Å². The SMILES string of the molecule is CC(C)(C)CN1CCC(NC(=O)c2n[nH]c3ccc(-c4cncc(CN5CCCCC5)c4)cc23)CC1. The number of fused-ring (bicyclic) bond motifs is 1. The van der Waals surface area contributed by atoms with Crippen LogP contribution in [0.2, 0.25) is 0 Å².